The van der Waals surface area contributed by atoms with Crippen LogP contribution in [0.3, 0.4) is 0 Å². The Labute approximate surface area is 117 Å². The van der Waals surface area contributed by atoms with Crippen molar-refractivity contribution < 1.29 is 0 Å². The molecule has 1 atom stereocenters. The van der Waals surface area contributed by atoms with Gasteiger partial charge in [0.05, 0.1) is 6.04 Å². The van der Waals surface area contributed by atoms with Gasteiger partial charge in [-0.3, -0.25) is 5.84 Å². The predicted molar refractivity (Wildman–Crippen MR) is 77.5 cm³/mol. The first kappa shape index (κ1) is 12.8. The molecule has 0 aromatic heterocycles. The molecule has 0 amide bonds. The van der Waals surface area contributed by atoms with Gasteiger partial charge in [0.1, 0.15) is 0 Å². The van der Waals surface area contributed by atoms with E-state index in [1.165, 1.54) is 0 Å². The molecule has 0 saturated carbocycles. The van der Waals surface area contributed by atoms with Crippen LogP contribution >= 0.6 is 31.9 Å². The van der Waals surface area contributed by atoms with Gasteiger partial charge >= 0.3 is 0 Å². The molecule has 0 aliphatic rings. The minimum atomic E-state index is -0.0151. The molecule has 0 radical (unpaired) electrons. The van der Waals surface area contributed by atoms with Crippen LogP contribution in [0.25, 0.3) is 0 Å². The Balaban J connectivity index is 2.42. The molecule has 1 unspecified atom stereocenters. The zero-order valence-electron chi connectivity index (χ0n) is 9.03. The summed E-state index contributed by atoms with van der Waals surface area (Å²) in [6.45, 7) is 0. The lowest BCUT2D eigenvalue weighted by molar-refractivity contribution is 0.634. The number of rotatable bonds is 3. The largest absolute Gasteiger partial charge is 0.271 e. The Morgan fingerprint density at radius 3 is 2.29 bits per heavy atom. The summed E-state index contributed by atoms with van der Waals surface area (Å²) in [4.78, 5) is 0. The Bertz CT molecular complexity index is 500. The van der Waals surface area contributed by atoms with E-state index in [-0.39, 0.29) is 6.04 Å². The highest BCUT2D eigenvalue weighted by Gasteiger charge is 2.14. The van der Waals surface area contributed by atoms with Crippen LogP contribution < -0.4 is 11.3 Å². The SMILES string of the molecule is NNC(c1ccccc1)c1ccc(Br)cc1Br. The van der Waals surface area contributed by atoms with Crippen LogP contribution in [0.5, 0.6) is 0 Å². The normalized spacial score (nSPS) is 12.4. The fourth-order valence-electron chi connectivity index (χ4n) is 1.75. The Morgan fingerprint density at radius 2 is 1.71 bits per heavy atom. The van der Waals surface area contributed by atoms with Crippen molar-refractivity contribution in [3.8, 4) is 0 Å². The minimum absolute atomic E-state index is 0.0151. The standard InChI is InChI=1S/C13H12Br2N2/c14-10-6-7-11(12(15)8-10)13(17-16)9-4-2-1-3-5-9/h1-8,13,17H,16H2. The van der Waals surface area contributed by atoms with E-state index < -0.39 is 0 Å². The molecule has 0 bridgehead atoms. The van der Waals surface area contributed by atoms with E-state index in [2.05, 4.69) is 49.4 Å². The summed E-state index contributed by atoms with van der Waals surface area (Å²) in [5.41, 5.74) is 5.10. The summed E-state index contributed by atoms with van der Waals surface area (Å²) in [6.07, 6.45) is 0. The molecule has 17 heavy (non-hydrogen) atoms. The molecule has 0 aliphatic carbocycles. The highest BCUT2D eigenvalue weighted by atomic mass is 79.9. The number of hydrogen-bond acceptors (Lipinski definition) is 2. The third-order valence-corrected chi connectivity index (χ3v) is 3.75. The Kier molecular flexibility index (Phi) is 4.34. The van der Waals surface area contributed by atoms with Gasteiger partial charge in [0.2, 0.25) is 0 Å². The zero-order chi connectivity index (χ0) is 12.3. The first-order valence-electron chi connectivity index (χ1n) is 5.18. The Hall–Kier alpha value is -0.680. The monoisotopic (exact) mass is 354 g/mol. The second kappa shape index (κ2) is 5.78. The van der Waals surface area contributed by atoms with Gasteiger partial charge < -0.3 is 0 Å². The molecule has 0 aliphatic heterocycles. The van der Waals surface area contributed by atoms with Crippen molar-refractivity contribution in [1.82, 2.24) is 5.43 Å². The van der Waals surface area contributed by atoms with E-state index in [9.17, 15) is 0 Å². The van der Waals surface area contributed by atoms with Gasteiger partial charge in [0.25, 0.3) is 0 Å². The maximum atomic E-state index is 5.66. The molecule has 0 spiro atoms. The van der Waals surface area contributed by atoms with E-state index in [1.54, 1.807) is 0 Å². The van der Waals surface area contributed by atoms with Gasteiger partial charge in [-0.2, -0.15) is 0 Å². The van der Waals surface area contributed by atoms with Crippen LogP contribution in [-0.4, -0.2) is 0 Å². The zero-order valence-corrected chi connectivity index (χ0v) is 12.2. The molecule has 2 nitrogen and oxygen atoms in total. The second-order valence-corrected chi connectivity index (χ2v) is 5.45. The molecule has 4 heteroatoms. The average molecular weight is 356 g/mol. The maximum Gasteiger partial charge on any atom is 0.0721 e. The van der Waals surface area contributed by atoms with Crippen molar-refractivity contribution in [3.63, 3.8) is 0 Å². The summed E-state index contributed by atoms with van der Waals surface area (Å²) >= 11 is 7.00. The third kappa shape index (κ3) is 2.96. The molecular weight excluding hydrogens is 344 g/mol. The summed E-state index contributed by atoms with van der Waals surface area (Å²) in [7, 11) is 0. The maximum absolute atomic E-state index is 5.66. The number of halogens is 2. The summed E-state index contributed by atoms with van der Waals surface area (Å²) < 4.78 is 2.07. The van der Waals surface area contributed by atoms with Crippen LogP contribution in [0.4, 0.5) is 0 Å². The van der Waals surface area contributed by atoms with Gasteiger partial charge in [0, 0.05) is 8.95 Å². The first-order chi connectivity index (χ1) is 8.22. The topological polar surface area (TPSA) is 38.0 Å². The Morgan fingerprint density at radius 1 is 1.00 bits per heavy atom. The summed E-state index contributed by atoms with van der Waals surface area (Å²) in [5, 5.41) is 0. The second-order valence-electron chi connectivity index (χ2n) is 3.68. The predicted octanol–water partition coefficient (Wildman–Crippen LogP) is 3.76. The van der Waals surface area contributed by atoms with E-state index >= 15 is 0 Å². The molecule has 0 fully saturated rings. The van der Waals surface area contributed by atoms with Crippen LogP contribution in [0.1, 0.15) is 17.2 Å². The van der Waals surface area contributed by atoms with Crippen LogP contribution in [0.15, 0.2) is 57.5 Å². The number of benzene rings is 2. The lowest BCUT2D eigenvalue weighted by Crippen LogP contribution is -2.29. The molecule has 2 aromatic carbocycles. The van der Waals surface area contributed by atoms with Crippen LogP contribution in [0, 0.1) is 0 Å². The van der Waals surface area contributed by atoms with Crippen molar-refractivity contribution in [1.29, 1.82) is 0 Å². The fraction of sp³-hybridized carbons (Fsp3) is 0.0769. The lowest BCUT2D eigenvalue weighted by Gasteiger charge is -2.18. The van der Waals surface area contributed by atoms with E-state index in [0.29, 0.717) is 0 Å². The summed E-state index contributed by atoms with van der Waals surface area (Å²) in [5.74, 6) is 5.66. The van der Waals surface area contributed by atoms with Gasteiger partial charge in [-0.05, 0) is 23.3 Å². The van der Waals surface area contributed by atoms with E-state index in [0.717, 1.165) is 20.1 Å². The number of nitrogens with one attached hydrogen (secondary N) is 1. The smallest absolute Gasteiger partial charge is 0.0721 e. The molecule has 2 aromatic rings. The third-order valence-electron chi connectivity index (χ3n) is 2.57. The van der Waals surface area contributed by atoms with Crippen LogP contribution in [0.2, 0.25) is 0 Å². The molecule has 0 heterocycles. The van der Waals surface area contributed by atoms with Gasteiger partial charge in [-0.1, -0.05) is 68.3 Å². The van der Waals surface area contributed by atoms with Crippen molar-refractivity contribution in [2.75, 3.05) is 0 Å². The molecule has 0 saturated heterocycles. The van der Waals surface area contributed by atoms with Crippen molar-refractivity contribution in [3.05, 3.63) is 68.6 Å². The number of hydrazine groups is 1. The highest BCUT2D eigenvalue weighted by Crippen LogP contribution is 2.30. The lowest BCUT2D eigenvalue weighted by atomic mass is 9.99. The summed E-state index contributed by atoms with van der Waals surface area (Å²) in [6, 6.07) is 16.2. The molecule has 2 rings (SSSR count). The van der Waals surface area contributed by atoms with Crippen molar-refractivity contribution >= 4 is 31.9 Å². The van der Waals surface area contributed by atoms with Crippen LogP contribution in [-0.2, 0) is 0 Å². The van der Waals surface area contributed by atoms with Gasteiger partial charge in [0.15, 0.2) is 0 Å². The molecule has 88 valence electrons. The highest BCUT2D eigenvalue weighted by molar-refractivity contribution is 9.11. The van der Waals surface area contributed by atoms with Gasteiger partial charge in [-0.15, -0.1) is 0 Å². The van der Waals surface area contributed by atoms with Gasteiger partial charge in [-0.25, -0.2) is 5.43 Å². The molecular formula is C13H12Br2N2. The van der Waals surface area contributed by atoms with Crippen molar-refractivity contribution in [2.24, 2.45) is 5.84 Å². The number of hydrogen-bond donors (Lipinski definition) is 2. The average Bonchev–Trinajstić information content (AvgIpc) is 2.34. The fourth-order valence-corrected chi connectivity index (χ4v) is 3.02. The van der Waals surface area contributed by atoms with Crippen molar-refractivity contribution in [2.45, 2.75) is 6.04 Å². The molecule has 3 N–H and O–H groups in total. The quantitative estimate of drug-likeness (QED) is 0.649. The van der Waals surface area contributed by atoms with E-state index in [4.69, 9.17) is 5.84 Å². The first-order valence-corrected chi connectivity index (χ1v) is 6.77. The van der Waals surface area contributed by atoms with E-state index in [1.807, 2.05) is 36.4 Å². The minimum Gasteiger partial charge on any atom is -0.271 e. The number of nitrogens with two attached hydrogens (primary N) is 1.